The minimum atomic E-state index is -0.0556. The van der Waals surface area contributed by atoms with Crippen molar-refractivity contribution in [3.05, 3.63) is 4.91 Å². The molecule has 0 aliphatic carbocycles. The van der Waals surface area contributed by atoms with Crippen molar-refractivity contribution >= 4 is 12.3 Å². The lowest BCUT2D eigenvalue weighted by Crippen LogP contribution is -2.31. The fourth-order valence-electron chi connectivity index (χ4n) is 1.30. The van der Waals surface area contributed by atoms with Crippen molar-refractivity contribution in [2.75, 3.05) is 13.1 Å². The highest BCUT2D eigenvalue weighted by atomic mass is 16.3. The summed E-state index contributed by atoms with van der Waals surface area (Å²) in [5, 5.41) is 1.81. The highest BCUT2D eigenvalue weighted by Crippen LogP contribution is 2.10. The van der Waals surface area contributed by atoms with E-state index in [2.05, 4.69) is 0 Å². The average Bonchev–Trinajstić information content (AvgIpc) is 2.69. The minimum Gasteiger partial charge on any atom is -0.342 e. The van der Waals surface area contributed by atoms with Gasteiger partial charge in [-0.3, -0.25) is 9.59 Å². The molecule has 1 rings (SSSR count). The second kappa shape index (κ2) is 7.17. The molecule has 2 amide bonds. The summed E-state index contributed by atoms with van der Waals surface area (Å²) >= 11 is 0. The second-order valence-corrected chi connectivity index (χ2v) is 3.40. The Morgan fingerprint density at radius 3 is 2.07 bits per heavy atom. The standard InChI is InChI=1S/C8H15NO.CHNO2/c1-7(2)8(10)9-5-3-4-6-9;3-1-2-4/h7H,3-6H2,1-2H3;1H. The summed E-state index contributed by atoms with van der Waals surface area (Å²) in [6.07, 6.45) is 2.33. The smallest absolute Gasteiger partial charge is 0.274 e. The summed E-state index contributed by atoms with van der Waals surface area (Å²) in [6, 6.07) is 0. The zero-order valence-corrected chi connectivity index (χ0v) is 8.60. The molecule has 0 spiro atoms. The second-order valence-electron chi connectivity index (χ2n) is 3.40. The van der Waals surface area contributed by atoms with Crippen LogP contribution in [0.5, 0.6) is 0 Å². The Bertz CT molecular complexity index is 192. The van der Waals surface area contributed by atoms with Crippen LogP contribution in [0, 0.1) is 10.8 Å². The van der Waals surface area contributed by atoms with E-state index in [0.29, 0.717) is 5.91 Å². The molecule has 1 saturated heterocycles. The molecule has 14 heavy (non-hydrogen) atoms. The quantitative estimate of drug-likeness (QED) is 0.496. The molecule has 0 radical (unpaired) electrons. The zero-order chi connectivity index (χ0) is 11.0. The fourth-order valence-corrected chi connectivity index (χ4v) is 1.30. The number of hydrogen-bond donors (Lipinski definition) is 0. The summed E-state index contributed by atoms with van der Waals surface area (Å²) in [4.78, 5) is 30.5. The number of rotatable bonds is 2. The van der Waals surface area contributed by atoms with Crippen LogP contribution in [0.1, 0.15) is 26.7 Å². The molecule has 0 atom stereocenters. The maximum absolute atomic E-state index is 11.3. The third kappa shape index (κ3) is 4.69. The Morgan fingerprint density at radius 2 is 1.79 bits per heavy atom. The van der Waals surface area contributed by atoms with Crippen LogP contribution in [-0.2, 0) is 9.59 Å². The largest absolute Gasteiger partial charge is 0.342 e. The summed E-state index contributed by atoms with van der Waals surface area (Å²) in [6.45, 7) is 5.88. The Morgan fingerprint density at radius 1 is 1.36 bits per heavy atom. The first-order valence-electron chi connectivity index (χ1n) is 4.68. The first-order chi connectivity index (χ1) is 6.63. The maximum atomic E-state index is 11.3. The van der Waals surface area contributed by atoms with E-state index in [0.717, 1.165) is 13.1 Å². The Balaban J connectivity index is 0.000000364. The van der Waals surface area contributed by atoms with Gasteiger partial charge in [-0.1, -0.05) is 13.8 Å². The molecule has 80 valence electrons. The lowest BCUT2D eigenvalue weighted by atomic mass is 10.2. The highest BCUT2D eigenvalue weighted by molar-refractivity contribution is 5.78. The zero-order valence-electron chi connectivity index (χ0n) is 8.60. The third-order valence-corrected chi connectivity index (χ3v) is 1.95. The molecule has 5 heteroatoms. The van der Waals surface area contributed by atoms with Gasteiger partial charge in [0.05, 0.1) is 0 Å². The van der Waals surface area contributed by atoms with E-state index in [9.17, 15) is 4.79 Å². The number of likely N-dealkylation sites (tertiary alicyclic amines) is 1. The molecule has 0 aromatic heterocycles. The Hall–Kier alpha value is -1.26. The van der Waals surface area contributed by atoms with Crippen LogP contribution in [-0.4, -0.2) is 30.3 Å². The SMILES string of the molecule is CC(C)C(=O)N1CCCC1.O=CN=O. The molecule has 0 aromatic rings. The van der Waals surface area contributed by atoms with Gasteiger partial charge < -0.3 is 4.90 Å². The molecular weight excluding hydrogens is 184 g/mol. The van der Waals surface area contributed by atoms with Crippen LogP contribution >= 0.6 is 0 Å². The van der Waals surface area contributed by atoms with Crippen LogP contribution in [0.3, 0.4) is 0 Å². The summed E-state index contributed by atoms with van der Waals surface area (Å²) in [7, 11) is 0. The fraction of sp³-hybridized carbons (Fsp3) is 0.778. The van der Waals surface area contributed by atoms with Gasteiger partial charge in [0.2, 0.25) is 5.91 Å². The van der Waals surface area contributed by atoms with Crippen LogP contribution in [0.2, 0.25) is 0 Å². The molecule has 0 unspecified atom stereocenters. The van der Waals surface area contributed by atoms with Gasteiger partial charge in [0.15, 0.2) is 0 Å². The monoisotopic (exact) mass is 200 g/mol. The van der Waals surface area contributed by atoms with Crippen molar-refractivity contribution in [1.82, 2.24) is 4.90 Å². The molecule has 0 saturated carbocycles. The molecule has 1 aliphatic heterocycles. The van der Waals surface area contributed by atoms with Crippen LogP contribution < -0.4 is 0 Å². The van der Waals surface area contributed by atoms with Gasteiger partial charge in [-0.25, -0.2) is 0 Å². The topological polar surface area (TPSA) is 66.8 Å². The predicted octanol–water partition coefficient (Wildman–Crippen LogP) is 1.17. The molecule has 0 aromatic carbocycles. The number of carbonyl (C=O) groups is 2. The molecule has 0 N–H and O–H groups in total. The van der Waals surface area contributed by atoms with E-state index in [-0.39, 0.29) is 12.3 Å². The number of carbonyl (C=O) groups excluding carboxylic acids is 2. The van der Waals surface area contributed by atoms with E-state index < -0.39 is 0 Å². The van der Waals surface area contributed by atoms with Gasteiger partial charge >= 0.3 is 0 Å². The first-order valence-corrected chi connectivity index (χ1v) is 4.68. The van der Waals surface area contributed by atoms with E-state index >= 15 is 0 Å². The van der Waals surface area contributed by atoms with Crippen molar-refractivity contribution in [1.29, 1.82) is 0 Å². The van der Waals surface area contributed by atoms with Gasteiger partial charge in [-0.05, 0) is 12.8 Å². The third-order valence-electron chi connectivity index (χ3n) is 1.95. The van der Waals surface area contributed by atoms with E-state index in [1.807, 2.05) is 18.7 Å². The highest BCUT2D eigenvalue weighted by Gasteiger charge is 2.19. The normalized spacial score (nSPS) is 14.6. The van der Waals surface area contributed by atoms with Crippen molar-refractivity contribution in [3.63, 3.8) is 0 Å². The molecule has 0 bridgehead atoms. The molecule has 1 fully saturated rings. The number of nitrogens with zero attached hydrogens (tertiary/aromatic N) is 2. The first kappa shape index (κ1) is 12.7. The maximum Gasteiger partial charge on any atom is 0.274 e. The molecular formula is C9H16N2O3. The molecule has 5 nitrogen and oxygen atoms in total. The van der Waals surface area contributed by atoms with Gasteiger partial charge in [-0.2, -0.15) is 0 Å². The number of amides is 2. The van der Waals surface area contributed by atoms with Crippen molar-refractivity contribution in [3.8, 4) is 0 Å². The number of nitroso groups, excluding NO2 is 1. The van der Waals surface area contributed by atoms with Crippen molar-refractivity contribution in [2.45, 2.75) is 26.7 Å². The summed E-state index contributed by atoms with van der Waals surface area (Å²) < 4.78 is 0. The molecule has 1 aliphatic rings. The molecule has 1 heterocycles. The Kier molecular flexibility index (Phi) is 6.53. The van der Waals surface area contributed by atoms with Crippen LogP contribution in [0.25, 0.3) is 0 Å². The van der Waals surface area contributed by atoms with E-state index in [4.69, 9.17) is 9.70 Å². The van der Waals surface area contributed by atoms with Gasteiger partial charge in [0, 0.05) is 24.2 Å². The average molecular weight is 200 g/mol. The van der Waals surface area contributed by atoms with Crippen molar-refractivity contribution in [2.24, 2.45) is 11.1 Å². The summed E-state index contributed by atoms with van der Waals surface area (Å²) in [5.74, 6) is 0.496. The van der Waals surface area contributed by atoms with E-state index in [1.54, 1.807) is 5.18 Å². The van der Waals surface area contributed by atoms with E-state index in [1.165, 1.54) is 12.8 Å². The van der Waals surface area contributed by atoms with Gasteiger partial charge in [0.25, 0.3) is 6.41 Å². The van der Waals surface area contributed by atoms with Gasteiger partial charge in [-0.15, -0.1) is 4.91 Å². The predicted molar refractivity (Wildman–Crippen MR) is 52.5 cm³/mol. The lowest BCUT2D eigenvalue weighted by Gasteiger charge is -2.17. The minimum absolute atomic E-state index is 0.0556. The van der Waals surface area contributed by atoms with Crippen LogP contribution in [0.15, 0.2) is 5.18 Å². The number of hydrogen-bond acceptors (Lipinski definition) is 3. The van der Waals surface area contributed by atoms with Crippen LogP contribution in [0.4, 0.5) is 0 Å². The lowest BCUT2D eigenvalue weighted by molar-refractivity contribution is -0.133. The van der Waals surface area contributed by atoms with Gasteiger partial charge in [0.1, 0.15) is 0 Å². The summed E-state index contributed by atoms with van der Waals surface area (Å²) in [5.41, 5.74) is 0. The van der Waals surface area contributed by atoms with Crippen molar-refractivity contribution < 1.29 is 9.59 Å². The Labute approximate surface area is 83.4 Å².